The number of thioether (sulfide) groups is 1. The van der Waals surface area contributed by atoms with E-state index in [1.807, 2.05) is 60.3 Å². The first kappa shape index (κ1) is 21.2. The van der Waals surface area contributed by atoms with Crippen LogP contribution in [0.15, 0.2) is 89.4 Å². The number of amides is 1. The van der Waals surface area contributed by atoms with E-state index in [0.29, 0.717) is 18.2 Å². The van der Waals surface area contributed by atoms with Gasteiger partial charge in [-0.3, -0.25) is 4.90 Å². The zero-order valence-corrected chi connectivity index (χ0v) is 17.9. The minimum absolute atomic E-state index is 0.00398. The highest BCUT2D eigenvalue weighted by Crippen LogP contribution is 2.35. The van der Waals surface area contributed by atoms with E-state index in [1.165, 1.54) is 9.80 Å². The van der Waals surface area contributed by atoms with Crippen molar-refractivity contribution in [2.24, 2.45) is 5.92 Å². The summed E-state index contributed by atoms with van der Waals surface area (Å²) in [7, 11) is 0. The first-order chi connectivity index (χ1) is 15.1. The average molecular weight is 436 g/mol. The fourth-order valence-electron chi connectivity index (χ4n) is 4.00. The summed E-state index contributed by atoms with van der Waals surface area (Å²) in [6.07, 6.45) is 7.17. The van der Waals surface area contributed by atoms with Crippen LogP contribution in [0.3, 0.4) is 0 Å². The van der Waals surface area contributed by atoms with Crippen LogP contribution in [-0.4, -0.2) is 39.9 Å². The fraction of sp³-hybridized carbons (Fsp3) is 0.280. The third kappa shape index (κ3) is 5.39. The number of carboxylic acid groups (broad SMARTS) is 1. The second-order valence-electron chi connectivity index (χ2n) is 7.75. The van der Waals surface area contributed by atoms with Crippen LogP contribution in [0.5, 0.6) is 0 Å². The number of carboxylic acids is 1. The zero-order chi connectivity index (χ0) is 21.6. The number of nitrogens with zero attached hydrogens (tertiary/aromatic N) is 1. The Kier molecular flexibility index (Phi) is 6.77. The molecule has 0 radical (unpaired) electrons. The van der Waals surface area contributed by atoms with Gasteiger partial charge in [0.25, 0.3) is 0 Å². The molecule has 2 aliphatic rings. The molecule has 2 aromatic rings. The SMILES string of the molecule is O=C(O)[C@@H]1CC(C2=CCC(Sc3ccccc3)C=C2)CN1C(=O)OCc1ccccc1. The number of hydrogen-bond acceptors (Lipinski definition) is 4. The Morgan fingerprint density at radius 2 is 1.77 bits per heavy atom. The molecule has 31 heavy (non-hydrogen) atoms. The molecule has 0 aromatic heterocycles. The fourth-order valence-corrected chi connectivity index (χ4v) is 5.01. The van der Waals surface area contributed by atoms with Crippen molar-refractivity contribution in [3.05, 3.63) is 90.0 Å². The molecule has 1 aliphatic carbocycles. The number of rotatable bonds is 6. The van der Waals surface area contributed by atoms with E-state index in [1.54, 1.807) is 0 Å². The van der Waals surface area contributed by atoms with Crippen molar-refractivity contribution >= 4 is 23.8 Å². The van der Waals surface area contributed by atoms with Crippen molar-refractivity contribution in [3.63, 3.8) is 0 Å². The summed E-state index contributed by atoms with van der Waals surface area (Å²) in [6, 6.07) is 18.8. The maximum absolute atomic E-state index is 12.6. The number of likely N-dealkylation sites (tertiary alicyclic amines) is 1. The van der Waals surface area contributed by atoms with Gasteiger partial charge in [0.05, 0.1) is 0 Å². The summed E-state index contributed by atoms with van der Waals surface area (Å²) < 4.78 is 5.39. The number of benzene rings is 2. The van der Waals surface area contributed by atoms with Crippen molar-refractivity contribution in [2.45, 2.75) is 35.6 Å². The van der Waals surface area contributed by atoms with Crippen LogP contribution in [0.25, 0.3) is 0 Å². The average Bonchev–Trinajstić information content (AvgIpc) is 3.25. The van der Waals surface area contributed by atoms with Gasteiger partial charge in [0.15, 0.2) is 0 Å². The highest BCUT2D eigenvalue weighted by molar-refractivity contribution is 8.00. The van der Waals surface area contributed by atoms with E-state index in [0.717, 1.165) is 17.6 Å². The zero-order valence-electron chi connectivity index (χ0n) is 17.1. The topological polar surface area (TPSA) is 66.8 Å². The molecule has 2 unspecified atom stereocenters. The Bertz CT molecular complexity index is 974. The lowest BCUT2D eigenvalue weighted by atomic mass is 9.92. The predicted octanol–water partition coefficient (Wildman–Crippen LogP) is 5.15. The van der Waals surface area contributed by atoms with Crippen LogP contribution < -0.4 is 0 Å². The van der Waals surface area contributed by atoms with Crippen molar-refractivity contribution in [1.82, 2.24) is 4.90 Å². The molecular formula is C25H25NO4S. The molecule has 1 amide bonds. The third-order valence-corrected chi connectivity index (χ3v) is 6.81. The Morgan fingerprint density at radius 1 is 1.06 bits per heavy atom. The van der Waals surface area contributed by atoms with Gasteiger partial charge < -0.3 is 9.84 Å². The van der Waals surface area contributed by atoms with Crippen LogP contribution >= 0.6 is 11.8 Å². The van der Waals surface area contributed by atoms with Gasteiger partial charge in [0, 0.05) is 22.6 Å². The Labute approximate surface area is 186 Å². The second-order valence-corrected chi connectivity index (χ2v) is 9.06. The number of aliphatic carboxylic acids is 1. The quantitative estimate of drug-likeness (QED) is 0.680. The molecule has 1 saturated heterocycles. The maximum atomic E-state index is 12.6. The van der Waals surface area contributed by atoms with E-state index < -0.39 is 18.1 Å². The molecule has 0 bridgehead atoms. The van der Waals surface area contributed by atoms with Crippen LogP contribution in [0, 0.1) is 5.92 Å². The number of carbonyl (C=O) groups excluding carboxylic acids is 1. The summed E-state index contributed by atoms with van der Waals surface area (Å²) in [5.41, 5.74) is 1.98. The molecule has 5 nitrogen and oxygen atoms in total. The van der Waals surface area contributed by atoms with Crippen LogP contribution in [0.1, 0.15) is 18.4 Å². The summed E-state index contributed by atoms with van der Waals surface area (Å²) in [5, 5.41) is 10.0. The lowest BCUT2D eigenvalue weighted by Gasteiger charge is -2.21. The largest absolute Gasteiger partial charge is 0.480 e. The molecule has 2 aromatic carbocycles. The van der Waals surface area contributed by atoms with Crippen LogP contribution in [-0.2, 0) is 16.1 Å². The van der Waals surface area contributed by atoms with E-state index in [-0.39, 0.29) is 12.5 Å². The number of ether oxygens (including phenoxy) is 1. The van der Waals surface area contributed by atoms with Gasteiger partial charge in [-0.2, -0.15) is 0 Å². The molecule has 160 valence electrons. The van der Waals surface area contributed by atoms with Crippen molar-refractivity contribution in [3.8, 4) is 0 Å². The van der Waals surface area contributed by atoms with Gasteiger partial charge in [-0.05, 0) is 36.1 Å². The minimum atomic E-state index is -0.989. The first-order valence-electron chi connectivity index (χ1n) is 10.4. The Hall–Kier alpha value is -2.99. The van der Waals surface area contributed by atoms with Crippen LogP contribution in [0.4, 0.5) is 4.79 Å². The third-order valence-electron chi connectivity index (χ3n) is 5.62. The second kappa shape index (κ2) is 9.88. The van der Waals surface area contributed by atoms with E-state index >= 15 is 0 Å². The molecule has 0 saturated carbocycles. The molecule has 1 N–H and O–H groups in total. The molecule has 1 heterocycles. The van der Waals surface area contributed by atoms with Gasteiger partial charge in [-0.15, -0.1) is 11.8 Å². The predicted molar refractivity (Wildman–Crippen MR) is 121 cm³/mol. The standard InChI is InChI=1S/C25H25NO4S/c27-24(28)23-15-20(16-26(23)25(29)30-17-18-7-3-1-4-8-18)19-11-13-22(14-12-19)31-21-9-5-2-6-10-21/h1-13,20,22-23H,14-17H2,(H,27,28)/t20?,22?,23-/m0/s1. The van der Waals surface area contributed by atoms with E-state index in [9.17, 15) is 14.7 Å². The van der Waals surface area contributed by atoms with Gasteiger partial charge in [0.2, 0.25) is 0 Å². The molecular weight excluding hydrogens is 410 g/mol. The lowest BCUT2D eigenvalue weighted by molar-refractivity contribution is -0.141. The van der Waals surface area contributed by atoms with Crippen LogP contribution in [0.2, 0.25) is 0 Å². The summed E-state index contributed by atoms with van der Waals surface area (Å²) in [5.74, 6) is -0.985. The molecule has 3 atom stereocenters. The van der Waals surface area contributed by atoms with Gasteiger partial charge in [0.1, 0.15) is 12.6 Å². The van der Waals surface area contributed by atoms with Crippen molar-refractivity contribution in [1.29, 1.82) is 0 Å². The molecule has 1 aliphatic heterocycles. The lowest BCUT2D eigenvalue weighted by Crippen LogP contribution is -2.40. The number of hydrogen-bond donors (Lipinski definition) is 1. The molecule has 0 spiro atoms. The molecule has 4 rings (SSSR count). The monoisotopic (exact) mass is 435 g/mol. The van der Waals surface area contributed by atoms with Crippen molar-refractivity contribution < 1.29 is 19.4 Å². The number of carbonyl (C=O) groups is 2. The summed E-state index contributed by atoms with van der Waals surface area (Å²) in [6.45, 7) is 0.491. The smallest absolute Gasteiger partial charge is 0.410 e. The minimum Gasteiger partial charge on any atom is -0.480 e. The number of allylic oxidation sites excluding steroid dienone is 2. The van der Waals surface area contributed by atoms with Gasteiger partial charge >= 0.3 is 12.1 Å². The first-order valence-corrected chi connectivity index (χ1v) is 11.3. The van der Waals surface area contributed by atoms with Crippen molar-refractivity contribution in [2.75, 3.05) is 6.54 Å². The molecule has 6 heteroatoms. The highest BCUT2D eigenvalue weighted by atomic mass is 32.2. The highest BCUT2D eigenvalue weighted by Gasteiger charge is 2.41. The normalized spacial score (nSPS) is 22.8. The summed E-state index contributed by atoms with van der Waals surface area (Å²) in [4.78, 5) is 27.0. The van der Waals surface area contributed by atoms with Gasteiger partial charge in [-0.25, -0.2) is 9.59 Å². The van der Waals surface area contributed by atoms with E-state index in [2.05, 4.69) is 30.4 Å². The Morgan fingerprint density at radius 3 is 2.42 bits per heavy atom. The maximum Gasteiger partial charge on any atom is 0.410 e. The van der Waals surface area contributed by atoms with Gasteiger partial charge in [-0.1, -0.05) is 66.8 Å². The summed E-state index contributed by atoms with van der Waals surface area (Å²) >= 11 is 1.81. The van der Waals surface area contributed by atoms with E-state index in [4.69, 9.17) is 4.74 Å². The Balaban J connectivity index is 1.36. The molecule has 1 fully saturated rings.